The summed E-state index contributed by atoms with van der Waals surface area (Å²) in [5.41, 5.74) is 5.06. The molecule has 3 aromatic carbocycles. The van der Waals surface area contributed by atoms with Crippen molar-refractivity contribution in [2.75, 3.05) is 19.0 Å². The molecule has 1 fully saturated rings. The van der Waals surface area contributed by atoms with Gasteiger partial charge in [-0.05, 0) is 67.3 Å². The Morgan fingerprint density at radius 1 is 1.07 bits per heavy atom. The van der Waals surface area contributed by atoms with E-state index < -0.39 is 4.92 Å². The Labute approximate surface area is 265 Å². The van der Waals surface area contributed by atoms with Gasteiger partial charge in [-0.1, -0.05) is 42.5 Å². The summed E-state index contributed by atoms with van der Waals surface area (Å²) in [6.07, 6.45) is 1.97. The van der Waals surface area contributed by atoms with E-state index in [1.54, 1.807) is 12.3 Å². The van der Waals surface area contributed by atoms with Gasteiger partial charge in [-0.2, -0.15) is 0 Å². The van der Waals surface area contributed by atoms with Gasteiger partial charge < -0.3 is 24.8 Å². The van der Waals surface area contributed by atoms with E-state index in [0.717, 1.165) is 39.1 Å². The Kier molecular flexibility index (Phi) is 8.18. The molecule has 45 heavy (non-hydrogen) atoms. The topological polar surface area (TPSA) is 115 Å². The number of methoxy groups -OCH3 is 1. The SMILES string of the molecule is COc1cc([N+](=O)[O-])ccc1-n1c(C)cc(C2C(c3ccccn3)NC(=S)N2CCC(=O)Nc2cccc3ccccc23)c1C. The molecule has 6 rings (SSSR count). The summed E-state index contributed by atoms with van der Waals surface area (Å²) in [5.74, 6) is 0.274. The van der Waals surface area contributed by atoms with Crippen LogP contribution in [0.25, 0.3) is 16.5 Å². The van der Waals surface area contributed by atoms with Crippen LogP contribution in [0.2, 0.25) is 0 Å². The number of hydrogen-bond acceptors (Lipinski definition) is 6. The third-order valence-corrected chi connectivity index (χ3v) is 8.60. The molecule has 0 aliphatic carbocycles. The Hall–Kier alpha value is -5.29. The number of nitro benzene ring substituents is 1. The van der Waals surface area contributed by atoms with Crippen molar-refractivity contribution in [1.82, 2.24) is 19.8 Å². The number of nitrogens with zero attached hydrogens (tertiary/aromatic N) is 4. The molecule has 1 amide bonds. The standard InChI is InChI=1S/C34H32N6O4S/c1-21-19-26(22(2)39(21)29-15-14-24(40(42)43)20-30(29)44-3)33-32(28-12-6-7-17-35-28)37-34(45)38(33)18-16-31(41)36-27-13-8-10-23-9-4-5-11-25(23)27/h4-15,17,19-20,32-33H,16,18H2,1-3H3,(H,36,41)(H,37,45). The van der Waals surface area contributed by atoms with Crippen LogP contribution in [0.3, 0.4) is 0 Å². The fraction of sp³-hybridized carbons (Fsp3) is 0.206. The first kappa shape index (κ1) is 29.8. The number of amides is 1. The highest BCUT2D eigenvalue weighted by Gasteiger charge is 2.41. The van der Waals surface area contributed by atoms with Crippen LogP contribution in [0.5, 0.6) is 5.75 Å². The van der Waals surface area contributed by atoms with Gasteiger partial charge in [0.25, 0.3) is 5.69 Å². The minimum atomic E-state index is -0.440. The number of aromatic nitrogens is 2. The van der Waals surface area contributed by atoms with Gasteiger partial charge in [0, 0.05) is 47.7 Å². The molecule has 0 saturated carbocycles. The van der Waals surface area contributed by atoms with Crippen LogP contribution in [0.1, 0.15) is 41.1 Å². The van der Waals surface area contributed by atoms with Crippen LogP contribution < -0.4 is 15.4 Å². The monoisotopic (exact) mass is 620 g/mol. The minimum absolute atomic E-state index is 0.0493. The highest BCUT2D eigenvalue weighted by Crippen LogP contribution is 2.42. The summed E-state index contributed by atoms with van der Waals surface area (Å²) in [6.45, 7) is 4.36. The Morgan fingerprint density at radius 2 is 1.84 bits per heavy atom. The number of hydrogen-bond donors (Lipinski definition) is 2. The average molecular weight is 621 g/mol. The molecule has 0 bridgehead atoms. The van der Waals surface area contributed by atoms with E-state index >= 15 is 0 Å². The van der Waals surface area contributed by atoms with Crippen molar-refractivity contribution in [3.8, 4) is 11.4 Å². The Morgan fingerprint density at radius 3 is 2.60 bits per heavy atom. The quantitative estimate of drug-likeness (QED) is 0.108. The molecular weight excluding hydrogens is 588 g/mol. The first-order chi connectivity index (χ1) is 21.8. The minimum Gasteiger partial charge on any atom is -0.494 e. The van der Waals surface area contributed by atoms with Crippen molar-refractivity contribution in [2.24, 2.45) is 0 Å². The molecule has 2 N–H and O–H groups in total. The van der Waals surface area contributed by atoms with Crippen LogP contribution in [0.15, 0.2) is 91.1 Å². The summed E-state index contributed by atoms with van der Waals surface area (Å²) < 4.78 is 7.61. The molecule has 2 unspecified atom stereocenters. The van der Waals surface area contributed by atoms with Gasteiger partial charge >= 0.3 is 0 Å². The predicted molar refractivity (Wildman–Crippen MR) is 178 cm³/mol. The molecule has 11 heteroatoms. The molecule has 0 radical (unpaired) electrons. The van der Waals surface area contributed by atoms with E-state index in [1.165, 1.54) is 19.2 Å². The summed E-state index contributed by atoms with van der Waals surface area (Å²) in [6, 6.07) is 25.7. The molecule has 2 atom stereocenters. The van der Waals surface area contributed by atoms with Crippen molar-refractivity contribution < 1.29 is 14.5 Å². The van der Waals surface area contributed by atoms with Gasteiger partial charge in [0.15, 0.2) is 5.11 Å². The number of nitro groups is 1. The maximum atomic E-state index is 13.3. The predicted octanol–water partition coefficient (Wildman–Crippen LogP) is 6.56. The fourth-order valence-electron chi connectivity index (χ4n) is 6.18. The van der Waals surface area contributed by atoms with Gasteiger partial charge in [-0.25, -0.2) is 0 Å². The number of non-ortho nitro benzene ring substituents is 1. The fourth-order valence-corrected chi connectivity index (χ4v) is 6.51. The number of rotatable bonds is 9. The highest BCUT2D eigenvalue weighted by molar-refractivity contribution is 7.80. The van der Waals surface area contributed by atoms with Crippen LogP contribution in [0.4, 0.5) is 11.4 Å². The molecule has 228 valence electrons. The summed E-state index contributed by atoms with van der Waals surface area (Å²) in [4.78, 5) is 31.0. The highest BCUT2D eigenvalue weighted by atomic mass is 32.1. The number of ether oxygens (including phenoxy) is 1. The van der Waals surface area contributed by atoms with E-state index in [-0.39, 0.29) is 30.1 Å². The maximum absolute atomic E-state index is 13.3. The Balaban J connectivity index is 1.34. The zero-order valence-electron chi connectivity index (χ0n) is 25.1. The number of benzene rings is 3. The van der Waals surface area contributed by atoms with Crippen LogP contribution in [-0.4, -0.2) is 44.0 Å². The molecule has 2 aromatic heterocycles. The molecule has 1 aliphatic rings. The van der Waals surface area contributed by atoms with E-state index in [1.807, 2.05) is 79.1 Å². The van der Waals surface area contributed by atoms with E-state index in [0.29, 0.717) is 23.1 Å². The van der Waals surface area contributed by atoms with Crippen molar-refractivity contribution in [2.45, 2.75) is 32.4 Å². The molecule has 5 aromatic rings. The van der Waals surface area contributed by atoms with Gasteiger partial charge in [0.2, 0.25) is 5.91 Å². The summed E-state index contributed by atoms with van der Waals surface area (Å²) in [7, 11) is 1.50. The van der Waals surface area contributed by atoms with E-state index in [2.05, 4.69) is 26.6 Å². The number of carbonyl (C=O) groups excluding carboxylic acids is 1. The lowest BCUT2D eigenvalue weighted by molar-refractivity contribution is -0.384. The number of nitrogens with one attached hydrogen (secondary N) is 2. The molecule has 1 aliphatic heterocycles. The first-order valence-electron chi connectivity index (χ1n) is 14.5. The van der Waals surface area contributed by atoms with Crippen molar-refractivity contribution in [3.63, 3.8) is 0 Å². The van der Waals surface area contributed by atoms with Crippen molar-refractivity contribution in [3.05, 3.63) is 124 Å². The van der Waals surface area contributed by atoms with E-state index in [4.69, 9.17) is 17.0 Å². The third kappa shape index (κ3) is 5.69. The average Bonchev–Trinajstić information content (AvgIpc) is 3.53. The normalized spacial score (nSPS) is 16.1. The maximum Gasteiger partial charge on any atom is 0.273 e. The van der Waals surface area contributed by atoms with Gasteiger partial charge in [-0.15, -0.1) is 0 Å². The van der Waals surface area contributed by atoms with Gasteiger partial charge in [-0.3, -0.25) is 19.9 Å². The smallest absolute Gasteiger partial charge is 0.273 e. The summed E-state index contributed by atoms with van der Waals surface area (Å²) in [5, 5.41) is 20.5. The van der Waals surface area contributed by atoms with Crippen LogP contribution in [-0.2, 0) is 4.79 Å². The number of anilines is 1. The number of thiocarbonyl (C=S) groups is 1. The van der Waals surface area contributed by atoms with Crippen LogP contribution >= 0.6 is 12.2 Å². The zero-order valence-corrected chi connectivity index (χ0v) is 25.9. The number of fused-ring (bicyclic) bond motifs is 1. The molecule has 3 heterocycles. The summed E-state index contributed by atoms with van der Waals surface area (Å²) >= 11 is 5.86. The molecule has 1 saturated heterocycles. The number of aryl methyl sites for hydroxylation is 1. The zero-order chi connectivity index (χ0) is 31.7. The largest absolute Gasteiger partial charge is 0.494 e. The second-order valence-corrected chi connectivity index (χ2v) is 11.3. The van der Waals surface area contributed by atoms with Crippen LogP contribution in [0, 0.1) is 24.0 Å². The number of pyridine rings is 1. The lowest BCUT2D eigenvalue weighted by Crippen LogP contribution is -2.33. The van der Waals surface area contributed by atoms with Gasteiger partial charge in [0.05, 0.1) is 41.6 Å². The molecule has 0 spiro atoms. The number of carbonyl (C=O) groups is 1. The van der Waals surface area contributed by atoms with E-state index in [9.17, 15) is 14.9 Å². The second-order valence-electron chi connectivity index (χ2n) is 10.9. The van der Waals surface area contributed by atoms with Crippen molar-refractivity contribution >= 4 is 45.4 Å². The van der Waals surface area contributed by atoms with Gasteiger partial charge in [0.1, 0.15) is 5.75 Å². The Bertz CT molecular complexity index is 1920. The lowest BCUT2D eigenvalue weighted by Gasteiger charge is -2.28. The molecular formula is C34H32N6O4S. The lowest BCUT2D eigenvalue weighted by atomic mass is 9.96. The first-order valence-corrected chi connectivity index (χ1v) is 14.9. The second kappa shape index (κ2) is 12.4. The third-order valence-electron chi connectivity index (χ3n) is 8.25. The van der Waals surface area contributed by atoms with Crippen molar-refractivity contribution in [1.29, 1.82) is 0 Å². The molecule has 10 nitrogen and oxygen atoms in total.